The van der Waals surface area contributed by atoms with Crippen LogP contribution in [0.4, 0.5) is 8.78 Å². The molecule has 7 heteroatoms. The van der Waals surface area contributed by atoms with E-state index in [4.69, 9.17) is 10.2 Å². The van der Waals surface area contributed by atoms with Crippen LogP contribution in [0.5, 0.6) is 0 Å². The van der Waals surface area contributed by atoms with E-state index in [1.54, 1.807) is 6.92 Å². The number of rotatable bonds is 6. The van der Waals surface area contributed by atoms with Gasteiger partial charge in [-0.15, -0.1) is 11.8 Å². The van der Waals surface area contributed by atoms with Crippen LogP contribution in [0.2, 0.25) is 0 Å². The predicted molar refractivity (Wildman–Crippen MR) is 70.7 cm³/mol. The summed E-state index contributed by atoms with van der Waals surface area (Å²) in [5, 5.41) is 18.2. The molecule has 0 saturated heterocycles. The summed E-state index contributed by atoms with van der Waals surface area (Å²) in [6.45, 7) is 1.59. The van der Waals surface area contributed by atoms with Gasteiger partial charge in [-0.3, -0.25) is 0 Å². The summed E-state index contributed by atoms with van der Waals surface area (Å²) in [7, 11) is 0. The first-order valence-corrected chi connectivity index (χ1v) is 6.56. The SMILES string of the molecule is Cc1cc(C(=O)O)c(SCCC=C(F)F)c(C(=O)O)c1. The second kappa shape index (κ2) is 7.04. The third-order valence-electron chi connectivity index (χ3n) is 2.36. The van der Waals surface area contributed by atoms with Gasteiger partial charge in [-0.1, -0.05) is 0 Å². The average Bonchev–Trinajstić information content (AvgIpc) is 2.34. The highest BCUT2D eigenvalue weighted by atomic mass is 32.2. The molecular formula is C13H12F2O4S. The lowest BCUT2D eigenvalue weighted by molar-refractivity contribution is 0.0690. The van der Waals surface area contributed by atoms with E-state index in [-0.39, 0.29) is 28.2 Å². The molecule has 0 amide bonds. The molecule has 0 heterocycles. The summed E-state index contributed by atoms with van der Waals surface area (Å²) in [5.41, 5.74) is 0.257. The highest BCUT2D eigenvalue weighted by Gasteiger charge is 2.19. The summed E-state index contributed by atoms with van der Waals surface area (Å²) < 4.78 is 23.8. The molecule has 0 spiro atoms. The molecule has 2 N–H and O–H groups in total. The number of thioether (sulfide) groups is 1. The second-order valence-corrected chi connectivity index (χ2v) is 5.04. The number of hydrogen-bond acceptors (Lipinski definition) is 3. The monoisotopic (exact) mass is 302 g/mol. The Balaban J connectivity index is 3.10. The number of carbonyl (C=O) groups is 2. The van der Waals surface area contributed by atoms with Crippen molar-refractivity contribution in [3.63, 3.8) is 0 Å². The van der Waals surface area contributed by atoms with Gasteiger partial charge in [0, 0.05) is 10.6 Å². The smallest absolute Gasteiger partial charge is 0.336 e. The maximum atomic E-state index is 11.9. The number of benzene rings is 1. The van der Waals surface area contributed by atoms with Gasteiger partial charge in [0.1, 0.15) is 0 Å². The minimum absolute atomic E-state index is 0.0268. The molecule has 0 aliphatic heterocycles. The number of carboxylic acid groups (broad SMARTS) is 2. The molecule has 4 nitrogen and oxygen atoms in total. The van der Waals surface area contributed by atoms with E-state index in [0.29, 0.717) is 11.6 Å². The largest absolute Gasteiger partial charge is 0.478 e. The number of hydrogen-bond donors (Lipinski definition) is 2. The topological polar surface area (TPSA) is 74.6 Å². The molecule has 1 aromatic rings. The van der Waals surface area contributed by atoms with Crippen molar-refractivity contribution in [2.45, 2.75) is 18.2 Å². The van der Waals surface area contributed by atoms with Gasteiger partial charge >= 0.3 is 11.9 Å². The fraction of sp³-hybridized carbons (Fsp3) is 0.231. The van der Waals surface area contributed by atoms with Crippen LogP contribution in [0.15, 0.2) is 29.2 Å². The van der Waals surface area contributed by atoms with Gasteiger partial charge in [0.2, 0.25) is 0 Å². The van der Waals surface area contributed by atoms with Crippen molar-refractivity contribution >= 4 is 23.7 Å². The van der Waals surface area contributed by atoms with E-state index < -0.39 is 18.0 Å². The van der Waals surface area contributed by atoms with Crippen LogP contribution in [-0.2, 0) is 0 Å². The highest BCUT2D eigenvalue weighted by molar-refractivity contribution is 7.99. The Bertz CT molecular complexity index is 530. The summed E-state index contributed by atoms with van der Waals surface area (Å²) in [4.78, 5) is 22.4. The maximum absolute atomic E-state index is 11.9. The minimum atomic E-state index is -1.81. The van der Waals surface area contributed by atoms with Crippen molar-refractivity contribution in [1.82, 2.24) is 0 Å². The molecule has 0 unspecified atom stereocenters. The third-order valence-corrected chi connectivity index (χ3v) is 3.53. The normalized spacial score (nSPS) is 10.2. The number of carboxylic acids is 2. The maximum Gasteiger partial charge on any atom is 0.336 e. The van der Waals surface area contributed by atoms with Gasteiger partial charge in [0.05, 0.1) is 11.1 Å². The summed E-state index contributed by atoms with van der Waals surface area (Å²) in [5.74, 6) is -2.32. The molecule has 0 saturated carbocycles. The molecule has 0 atom stereocenters. The fourth-order valence-corrected chi connectivity index (χ4v) is 2.62. The molecule has 0 fully saturated rings. The lowest BCUT2D eigenvalue weighted by atomic mass is 10.1. The summed E-state index contributed by atoms with van der Waals surface area (Å²) >= 11 is 0.941. The Kier molecular flexibility index (Phi) is 5.69. The first-order chi connectivity index (χ1) is 9.32. The molecule has 20 heavy (non-hydrogen) atoms. The number of halogens is 2. The lowest BCUT2D eigenvalue weighted by Gasteiger charge is -2.10. The molecule has 0 radical (unpaired) electrons. The zero-order valence-corrected chi connectivity index (χ0v) is 11.3. The second-order valence-electron chi connectivity index (χ2n) is 3.93. The van der Waals surface area contributed by atoms with E-state index in [2.05, 4.69) is 0 Å². The van der Waals surface area contributed by atoms with Crippen LogP contribution in [0.25, 0.3) is 0 Å². The van der Waals surface area contributed by atoms with Gasteiger partial charge in [-0.25, -0.2) is 9.59 Å². The van der Waals surface area contributed by atoms with Gasteiger partial charge in [0.25, 0.3) is 6.08 Å². The van der Waals surface area contributed by atoms with Gasteiger partial charge < -0.3 is 10.2 Å². The van der Waals surface area contributed by atoms with Crippen molar-refractivity contribution in [2.24, 2.45) is 0 Å². The molecule has 1 aromatic carbocycles. The molecule has 0 aromatic heterocycles. The zero-order valence-electron chi connectivity index (χ0n) is 10.5. The van der Waals surface area contributed by atoms with Crippen molar-refractivity contribution in [2.75, 3.05) is 5.75 Å². The number of aromatic carboxylic acids is 2. The number of allylic oxidation sites excluding steroid dienone is 1. The zero-order chi connectivity index (χ0) is 15.3. The molecular weight excluding hydrogens is 290 g/mol. The number of aryl methyl sites for hydroxylation is 1. The minimum Gasteiger partial charge on any atom is -0.478 e. The van der Waals surface area contributed by atoms with Crippen LogP contribution < -0.4 is 0 Å². The Hall–Kier alpha value is -1.89. The molecule has 0 aliphatic rings. The first-order valence-electron chi connectivity index (χ1n) is 5.58. The van der Waals surface area contributed by atoms with Crippen LogP contribution in [0.3, 0.4) is 0 Å². The van der Waals surface area contributed by atoms with E-state index in [1.807, 2.05) is 0 Å². The lowest BCUT2D eigenvalue weighted by Crippen LogP contribution is -2.07. The van der Waals surface area contributed by atoms with E-state index in [1.165, 1.54) is 12.1 Å². The Morgan fingerprint density at radius 1 is 1.20 bits per heavy atom. The van der Waals surface area contributed by atoms with E-state index in [0.717, 1.165) is 11.8 Å². The van der Waals surface area contributed by atoms with Crippen LogP contribution in [0, 0.1) is 6.92 Å². The molecule has 108 valence electrons. The summed E-state index contributed by atoms with van der Waals surface area (Å²) in [6, 6.07) is 2.73. The fourth-order valence-electron chi connectivity index (χ4n) is 1.58. The Morgan fingerprint density at radius 2 is 1.70 bits per heavy atom. The predicted octanol–water partition coefficient (Wildman–Crippen LogP) is 3.65. The summed E-state index contributed by atoms with van der Waals surface area (Å²) in [6.07, 6.45) is -1.08. The van der Waals surface area contributed by atoms with Gasteiger partial charge in [-0.2, -0.15) is 8.78 Å². The Labute approximate surface area is 118 Å². The van der Waals surface area contributed by atoms with Crippen LogP contribution in [-0.4, -0.2) is 27.9 Å². The third kappa shape index (κ3) is 4.34. The standard InChI is InChI=1S/C13H12F2O4S/c1-7-5-8(12(16)17)11(9(6-7)13(18)19)20-4-2-3-10(14)15/h3,5-6H,2,4H2,1H3,(H,16,17)(H,18,19). The highest BCUT2D eigenvalue weighted by Crippen LogP contribution is 2.29. The first kappa shape index (κ1) is 16.2. The molecule has 0 bridgehead atoms. The van der Waals surface area contributed by atoms with Crippen molar-refractivity contribution in [1.29, 1.82) is 0 Å². The van der Waals surface area contributed by atoms with Crippen molar-refractivity contribution < 1.29 is 28.6 Å². The quantitative estimate of drug-likeness (QED) is 0.619. The average molecular weight is 302 g/mol. The van der Waals surface area contributed by atoms with Crippen molar-refractivity contribution in [3.8, 4) is 0 Å². The van der Waals surface area contributed by atoms with Crippen molar-refractivity contribution in [3.05, 3.63) is 41.0 Å². The van der Waals surface area contributed by atoms with Crippen LogP contribution >= 0.6 is 11.8 Å². The Morgan fingerprint density at radius 3 is 2.10 bits per heavy atom. The van der Waals surface area contributed by atoms with E-state index in [9.17, 15) is 18.4 Å². The van der Waals surface area contributed by atoms with E-state index >= 15 is 0 Å². The molecule has 1 rings (SSSR count). The van der Waals surface area contributed by atoms with Crippen LogP contribution in [0.1, 0.15) is 32.7 Å². The van der Waals surface area contributed by atoms with Gasteiger partial charge in [0.15, 0.2) is 0 Å². The van der Waals surface area contributed by atoms with Gasteiger partial charge in [-0.05, 0) is 37.1 Å². The molecule has 0 aliphatic carbocycles.